The maximum atomic E-state index is 11.0. The van der Waals surface area contributed by atoms with Crippen LogP contribution in [0.5, 0.6) is 0 Å². The van der Waals surface area contributed by atoms with Crippen molar-refractivity contribution in [1.29, 1.82) is 0 Å². The van der Waals surface area contributed by atoms with Crippen LogP contribution in [0.15, 0.2) is 18.2 Å². The van der Waals surface area contributed by atoms with Crippen molar-refractivity contribution in [3.05, 3.63) is 28.3 Å². The summed E-state index contributed by atoms with van der Waals surface area (Å²) in [5.74, 6) is 0. The Balaban J connectivity index is 2.06. The fraction of sp³-hybridized carbons (Fsp3) is 0.600. The number of nitrogens with one attached hydrogen (secondary N) is 2. The molecule has 6 heteroatoms. The largest absolute Gasteiger partial charge is 0.385 e. The van der Waals surface area contributed by atoms with Gasteiger partial charge in [0.05, 0.1) is 4.92 Å². The van der Waals surface area contributed by atoms with Crippen LogP contribution in [-0.2, 0) is 0 Å². The van der Waals surface area contributed by atoms with Crippen LogP contribution in [0.3, 0.4) is 0 Å². The summed E-state index contributed by atoms with van der Waals surface area (Å²) < 4.78 is 0. The van der Waals surface area contributed by atoms with Gasteiger partial charge in [-0.25, -0.2) is 0 Å². The minimum absolute atomic E-state index is 0.133. The number of nitrogens with zero attached hydrogens (tertiary/aromatic N) is 1. The van der Waals surface area contributed by atoms with Gasteiger partial charge in [-0.05, 0) is 44.9 Å². The molecule has 5 nitrogen and oxygen atoms in total. The molecule has 1 fully saturated rings. The van der Waals surface area contributed by atoms with Crippen molar-refractivity contribution in [2.45, 2.75) is 43.9 Å². The van der Waals surface area contributed by atoms with Gasteiger partial charge in [-0.2, -0.15) is 11.8 Å². The van der Waals surface area contributed by atoms with Crippen LogP contribution in [0.2, 0.25) is 0 Å². The number of hydrogen-bond acceptors (Lipinski definition) is 5. The molecular weight excluding hydrogens is 286 g/mol. The van der Waals surface area contributed by atoms with Crippen molar-refractivity contribution in [1.82, 2.24) is 0 Å². The molecule has 1 aromatic rings. The molecule has 0 amide bonds. The van der Waals surface area contributed by atoms with E-state index in [1.54, 1.807) is 12.1 Å². The van der Waals surface area contributed by atoms with Gasteiger partial charge in [-0.3, -0.25) is 10.1 Å². The third kappa shape index (κ3) is 4.52. The van der Waals surface area contributed by atoms with E-state index < -0.39 is 0 Å². The number of thioether (sulfide) groups is 1. The maximum Gasteiger partial charge on any atom is 0.273 e. The maximum absolute atomic E-state index is 11.0. The Kier molecular flexibility index (Phi) is 5.73. The molecule has 0 atom stereocenters. The van der Waals surface area contributed by atoms with Crippen LogP contribution < -0.4 is 10.6 Å². The van der Waals surface area contributed by atoms with Gasteiger partial charge in [0.25, 0.3) is 5.69 Å². The van der Waals surface area contributed by atoms with E-state index in [0.29, 0.717) is 6.04 Å². The smallest absolute Gasteiger partial charge is 0.273 e. The van der Waals surface area contributed by atoms with Crippen LogP contribution in [0.4, 0.5) is 17.1 Å². The van der Waals surface area contributed by atoms with Gasteiger partial charge in [-0.1, -0.05) is 0 Å². The number of nitro benzene ring substituents is 1. The molecule has 0 aliphatic heterocycles. The molecule has 1 saturated carbocycles. The molecule has 2 rings (SSSR count). The molecule has 2 N–H and O–H groups in total. The highest BCUT2D eigenvalue weighted by molar-refractivity contribution is 7.99. The SMILES string of the molecule is CCNc1cc(NC2CCC(SC)CC2)cc([N+](=O)[O-])c1. The third-order valence-electron chi connectivity index (χ3n) is 3.89. The Morgan fingerprint density at radius 2 is 1.90 bits per heavy atom. The quantitative estimate of drug-likeness (QED) is 0.611. The molecule has 0 bridgehead atoms. The van der Waals surface area contributed by atoms with Crippen molar-refractivity contribution >= 4 is 28.8 Å². The van der Waals surface area contributed by atoms with Crippen molar-refractivity contribution in [3.8, 4) is 0 Å². The Bertz CT molecular complexity index is 488. The van der Waals surface area contributed by atoms with Crippen molar-refractivity contribution < 1.29 is 4.92 Å². The number of non-ortho nitro benzene ring substituents is 1. The molecule has 0 unspecified atom stereocenters. The molecule has 1 aliphatic carbocycles. The molecule has 0 spiro atoms. The first-order valence-corrected chi connectivity index (χ1v) is 8.73. The zero-order chi connectivity index (χ0) is 15.2. The topological polar surface area (TPSA) is 67.2 Å². The average molecular weight is 309 g/mol. The number of benzene rings is 1. The highest BCUT2D eigenvalue weighted by atomic mass is 32.2. The van der Waals surface area contributed by atoms with Crippen LogP contribution in [0.1, 0.15) is 32.6 Å². The lowest BCUT2D eigenvalue weighted by atomic mass is 9.94. The second kappa shape index (κ2) is 7.54. The summed E-state index contributed by atoms with van der Waals surface area (Å²) >= 11 is 1.94. The van der Waals surface area contributed by atoms with E-state index in [1.165, 1.54) is 12.8 Å². The summed E-state index contributed by atoms with van der Waals surface area (Å²) in [6, 6.07) is 5.59. The predicted octanol–water partition coefficient (Wildman–Crippen LogP) is 4.11. The van der Waals surface area contributed by atoms with Crippen LogP contribution in [0.25, 0.3) is 0 Å². The van der Waals surface area contributed by atoms with Crippen molar-refractivity contribution in [3.63, 3.8) is 0 Å². The molecule has 0 saturated heterocycles. The van der Waals surface area contributed by atoms with E-state index in [-0.39, 0.29) is 10.6 Å². The van der Waals surface area contributed by atoms with E-state index in [0.717, 1.165) is 36.0 Å². The van der Waals surface area contributed by atoms with Gasteiger partial charge in [0.2, 0.25) is 0 Å². The number of nitro groups is 1. The summed E-state index contributed by atoms with van der Waals surface area (Å²) in [6.45, 7) is 2.73. The second-order valence-corrected chi connectivity index (χ2v) is 6.55. The highest BCUT2D eigenvalue weighted by Gasteiger charge is 2.21. The first kappa shape index (κ1) is 15.9. The van der Waals surface area contributed by atoms with Crippen LogP contribution >= 0.6 is 11.8 Å². The normalized spacial score (nSPS) is 21.8. The van der Waals surface area contributed by atoms with Gasteiger partial charge >= 0.3 is 0 Å². The Morgan fingerprint density at radius 3 is 2.48 bits per heavy atom. The standard InChI is InChI=1S/C15H23N3O2S/c1-3-16-12-8-13(10-14(9-12)18(19)20)17-11-4-6-15(21-2)7-5-11/h8-11,15-17H,3-7H2,1-2H3. The minimum Gasteiger partial charge on any atom is -0.385 e. The van der Waals surface area contributed by atoms with Crippen molar-refractivity contribution in [2.75, 3.05) is 23.4 Å². The summed E-state index contributed by atoms with van der Waals surface area (Å²) in [5, 5.41) is 18.4. The number of rotatable bonds is 6. The van der Waals surface area contributed by atoms with Gasteiger partial charge < -0.3 is 10.6 Å². The minimum atomic E-state index is -0.337. The van der Waals surface area contributed by atoms with Gasteiger partial charge in [0, 0.05) is 41.3 Å². The van der Waals surface area contributed by atoms with Gasteiger partial charge in [-0.15, -0.1) is 0 Å². The second-order valence-electron chi connectivity index (χ2n) is 5.41. The summed E-state index contributed by atoms with van der Waals surface area (Å²) in [4.78, 5) is 10.7. The van der Waals surface area contributed by atoms with Gasteiger partial charge in [0.15, 0.2) is 0 Å². The van der Waals surface area contributed by atoms with Crippen molar-refractivity contribution in [2.24, 2.45) is 0 Å². The monoisotopic (exact) mass is 309 g/mol. The first-order valence-electron chi connectivity index (χ1n) is 7.45. The summed E-state index contributed by atoms with van der Waals surface area (Å²) in [7, 11) is 0. The molecular formula is C15H23N3O2S. The first-order chi connectivity index (χ1) is 10.1. The Labute approximate surface area is 130 Å². The summed E-state index contributed by atoms with van der Waals surface area (Å²) in [6.07, 6.45) is 6.86. The van der Waals surface area contributed by atoms with Gasteiger partial charge in [0.1, 0.15) is 0 Å². The molecule has 0 heterocycles. The molecule has 1 aromatic carbocycles. The fourth-order valence-corrected chi connectivity index (χ4v) is 3.53. The highest BCUT2D eigenvalue weighted by Crippen LogP contribution is 2.30. The molecule has 1 aliphatic rings. The lowest BCUT2D eigenvalue weighted by molar-refractivity contribution is -0.384. The number of hydrogen-bond donors (Lipinski definition) is 2. The lowest BCUT2D eigenvalue weighted by Crippen LogP contribution is -2.27. The third-order valence-corrected chi connectivity index (χ3v) is 5.03. The summed E-state index contributed by atoms with van der Waals surface area (Å²) in [5.41, 5.74) is 1.77. The Morgan fingerprint density at radius 1 is 1.24 bits per heavy atom. The average Bonchev–Trinajstić information content (AvgIpc) is 2.48. The van der Waals surface area contributed by atoms with Crippen LogP contribution in [-0.4, -0.2) is 29.0 Å². The molecule has 21 heavy (non-hydrogen) atoms. The predicted molar refractivity (Wildman–Crippen MR) is 90.4 cm³/mol. The zero-order valence-electron chi connectivity index (χ0n) is 12.6. The zero-order valence-corrected chi connectivity index (χ0v) is 13.4. The van der Waals surface area contributed by atoms with E-state index >= 15 is 0 Å². The van der Waals surface area contributed by atoms with E-state index in [4.69, 9.17) is 0 Å². The molecule has 116 valence electrons. The number of anilines is 2. The fourth-order valence-electron chi connectivity index (χ4n) is 2.78. The molecule has 0 radical (unpaired) electrons. The van der Waals surface area contributed by atoms with E-state index in [2.05, 4.69) is 16.9 Å². The van der Waals surface area contributed by atoms with Crippen LogP contribution in [0, 0.1) is 10.1 Å². The van der Waals surface area contributed by atoms with E-state index in [1.807, 2.05) is 24.8 Å². The van der Waals surface area contributed by atoms with E-state index in [9.17, 15) is 10.1 Å². The lowest BCUT2D eigenvalue weighted by Gasteiger charge is -2.28. The Hall–Kier alpha value is -1.43. The molecule has 0 aromatic heterocycles.